The normalized spacial score (nSPS) is 11.1. The molecule has 0 aliphatic rings. The summed E-state index contributed by atoms with van der Waals surface area (Å²) in [7, 11) is 1.65. The Labute approximate surface area is 148 Å². The molecular weight excluding hydrogens is 336 g/mol. The van der Waals surface area contributed by atoms with Crippen LogP contribution in [0.1, 0.15) is 17.1 Å². The Morgan fingerprint density at radius 2 is 2.12 bits per heavy atom. The van der Waals surface area contributed by atoms with Gasteiger partial charge in [0.15, 0.2) is 0 Å². The molecule has 0 aliphatic carbocycles. The maximum atomic E-state index is 5.72. The van der Waals surface area contributed by atoms with Crippen LogP contribution in [0.15, 0.2) is 64.5 Å². The summed E-state index contributed by atoms with van der Waals surface area (Å²) >= 11 is 1.49. The standard InChI is InChI=1S/C18H16N4O2S/c1-23-15-6-4-5-13(9-15)10-17-20-21-18(24-17)25-12-14-11-22-8-3-2-7-16(22)19-14/h2-9,11H,10,12H2,1H3. The maximum Gasteiger partial charge on any atom is 0.276 e. The van der Waals surface area contributed by atoms with Crippen molar-refractivity contribution in [3.05, 3.63) is 72.0 Å². The van der Waals surface area contributed by atoms with E-state index in [4.69, 9.17) is 9.15 Å². The fourth-order valence-electron chi connectivity index (χ4n) is 2.52. The van der Waals surface area contributed by atoms with Gasteiger partial charge in [-0.15, -0.1) is 10.2 Å². The smallest absolute Gasteiger partial charge is 0.276 e. The molecule has 25 heavy (non-hydrogen) atoms. The molecule has 0 atom stereocenters. The van der Waals surface area contributed by atoms with Crippen molar-refractivity contribution < 1.29 is 9.15 Å². The molecule has 3 aromatic heterocycles. The molecule has 4 rings (SSSR count). The van der Waals surface area contributed by atoms with Crippen LogP contribution in [0.25, 0.3) is 5.65 Å². The van der Waals surface area contributed by atoms with E-state index >= 15 is 0 Å². The lowest BCUT2D eigenvalue weighted by atomic mass is 10.1. The number of rotatable bonds is 6. The van der Waals surface area contributed by atoms with Gasteiger partial charge in [0.1, 0.15) is 11.4 Å². The number of hydrogen-bond donors (Lipinski definition) is 0. The largest absolute Gasteiger partial charge is 0.497 e. The minimum Gasteiger partial charge on any atom is -0.497 e. The number of hydrogen-bond acceptors (Lipinski definition) is 6. The highest BCUT2D eigenvalue weighted by atomic mass is 32.2. The number of ether oxygens (including phenoxy) is 1. The summed E-state index contributed by atoms with van der Waals surface area (Å²) in [5.74, 6) is 2.09. The predicted octanol–water partition coefficient (Wildman–Crippen LogP) is 3.61. The zero-order valence-electron chi connectivity index (χ0n) is 13.6. The van der Waals surface area contributed by atoms with Crippen molar-refractivity contribution in [3.8, 4) is 5.75 Å². The van der Waals surface area contributed by atoms with Crippen molar-refractivity contribution in [1.29, 1.82) is 0 Å². The molecule has 0 saturated heterocycles. The average molecular weight is 352 g/mol. The van der Waals surface area contributed by atoms with Gasteiger partial charge in [0.05, 0.1) is 19.2 Å². The van der Waals surface area contributed by atoms with E-state index in [1.807, 2.05) is 59.3 Å². The van der Waals surface area contributed by atoms with Crippen LogP contribution >= 0.6 is 11.8 Å². The fraction of sp³-hybridized carbons (Fsp3) is 0.167. The zero-order chi connectivity index (χ0) is 17.1. The number of imidazole rings is 1. The highest BCUT2D eigenvalue weighted by Crippen LogP contribution is 2.23. The molecule has 0 radical (unpaired) electrons. The highest BCUT2D eigenvalue weighted by molar-refractivity contribution is 7.98. The molecule has 126 valence electrons. The van der Waals surface area contributed by atoms with Crippen LogP contribution in [0.3, 0.4) is 0 Å². The summed E-state index contributed by atoms with van der Waals surface area (Å²) in [5, 5.41) is 8.77. The lowest BCUT2D eigenvalue weighted by molar-refractivity contribution is 0.412. The van der Waals surface area contributed by atoms with Crippen molar-refractivity contribution in [2.24, 2.45) is 0 Å². The highest BCUT2D eigenvalue weighted by Gasteiger charge is 2.10. The summed E-state index contributed by atoms with van der Waals surface area (Å²) < 4.78 is 13.0. The number of thioether (sulfide) groups is 1. The van der Waals surface area contributed by atoms with Crippen LogP contribution < -0.4 is 4.74 Å². The minimum absolute atomic E-state index is 0.551. The third-order valence-corrected chi connectivity index (χ3v) is 4.55. The number of fused-ring (bicyclic) bond motifs is 1. The lowest BCUT2D eigenvalue weighted by Crippen LogP contribution is -1.90. The summed E-state index contributed by atoms with van der Waals surface area (Å²) in [6, 6.07) is 13.8. The summed E-state index contributed by atoms with van der Waals surface area (Å²) in [4.78, 5) is 4.56. The molecule has 6 nitrogen and oxygen atoms in total. The van der Waals surface area contributed by atoms with E-state index in [0.29, 0.717) is 23.3 Å². The van der Waals surface area contributed by atoms with E-state index in [-0.39, 0.29) is 0 Å². The lowest BCUT2D eigenvalue weighted by Gasteiger charge is -2.01. The Kier molecular flexibility index (Phi) is 4.39. The minimum atomic E-state index is 0.551. The van der Waals surface area contributed by atoms with E-state index in [1.165, 1.54) is 11.8 Å². The first-order valence-electron chi connectivity index (χ1n) is 7.81. The van der Waals surface area contributed by atoms with E-state index in [2.05, 4.69) is 15.2 Å². The molecule has 0 unspecified atom stereocenters. The van der Waals surface area contributed by atoms with E-state index < -0.39 is 0 Å². The molecule has 0 N–H and O–H groups in total. The molecule has 3 heterocycles. The summed E-state index contributed by atoms with van der Waals surface area (Å²) in [5.41, 5.74) is 2.98. The van der Waals surface area contributed by atoms with Gasteiger partial charge in [-0.05, 0) is 29.8 Å². The van der Waals surface area contributed by atoms with E-state index in [9.17, 15) is 0 Å². The van der Waals surface area contributed by atoms with Gasteiger partial charge in [-0.2, -0.15) is 0 Å². The number of methoxy groups -OCH3 is 1. The monoisotopic (exact) mass is 352 g/mol. The van der Waals surface area contributed by atoms with Crippen LogP contribution in [-0.4, -0.2) is 26.7 Å². The second-order valence-electron chi connectivity index (χ2n) is 5.48. The van der Waals surface area contributed by atoms with Crippen molar-refractivity contribution in [3.63, 3.8) is 0 Å². The Morgan fingerprint density at radius 1 is 1.16 bits per heavy atom. The van der Waals surface area contributed by atoms with Crippen LogP contribution in [0.4, 0.5) is 0 Å². The predicted molar refractivity (Wildman–Crippen MR) is 94.9 cm³/mol. The van der Waals surface area contributed by atoms with Crippen molar-refractivity contribution in [2.75, 3.05) is 7.11 Å². The molecule has 0 spiro atoms. The van der Waals surface area contributed by atoms with Gasteiger partial charge >= 0.3 is 0 Å². The van der Waals surface area contributed by atoms with Crippen LogP contribution in [0.5, 0.6) is 5.75 Å². The molecular formula is C18H16N4O2S. The quantitative estimate of drug-likeness (QED) is 0.494. The van der Waals surface area contributed by atoms with Gasteiger partial charge in [-0.25, -0.2) is 4.98 Å². The van der Waals surface area contributed by atoms with Gasteiger partial charge in [-0.3, -0.25) is 0 Å². The average Bonchev–Trinajstić information content (AvgIpc) is 3.26. The van der Waals surface area contributed by atoms with Crippen molar-refractivity contribution >= 4 is 17.4 Å². The van der Waals surface area contributed by atoms with Gasteiger partial charge < -0.3 is 13.6 Å². The third-order valence-electron chi connectivity index (χ3n) is 3.70. The Morgan fingerprint density at radius 3 is 3.00 bits per heavy atom. The number of pyridine rings is 1. The van der Waals surface area contributed by atoms with Crippen molar-refractivity contribution in [2.45, 2.75) is 17.4 Å². The number of nitrogens with zero attached hydrogens (tertiary/aromatic N) is 4. The van der Waals surface area contributed by atoms with Crippen LogP contribution in [0.2, 0.25) is 0 Å². The SMILES string of the molecule is COc1cccc(Cc2nnc(SCc3cn4ccccc4n3)o2)c1. The first-order valence-corrected chi connectivity index (χ1v) is 8.79. The molecule has 0 saturated carbocycles. The molecule has 0 amide bonds. The molecule has 7 heteroatoms. The van der Waals surface area contributed by atoms with Crippen molar-refractivity contribution in [1.82, 2.24) is 19.6 Å². The molecule has 1 aromatic carbocycles. The Hall–Kier alpha value is -2.80. The second kappa shape index (κ2) is 6.98. The number of benzene rings is 1. The fourth-order valence-corrected chi connectivity index (χ4v) is 3.18. The molecule has 4 aromatic rings. The third kappa shape index (κ3) is 3.66. The summed E-state index contributed by atoms with van der Waals surface area (Å²) in [6.07, 6.45) is 4.57. The topological polar surface area (TPSA) is 65.5 Å². The number of aromatic nitrogens is 4. The Bertz CT molecular complexity index is 962. The maximum absolute atomic E-state index is 5.72. The summed E-state index contributed by atoms with van der Waals surface area (Å²) in [6.45, 7) is 0. The first kappa shape index (κ1) is 15.7. The van der Waals surface area contributed by atoms with Gasteiger partial charge in [0, 0.05) is 18.1 Å². The van der Waals surface area contributed by atoms with Crippen LogP contribution in [0, 0.1) is 0 Å². The second-order valence-corrected chi connectivity index (χ2v) is 6.40. The van der Waals surface area contributed by atoms with Gasteiger partial charge in [0.25, 0.3) is 5.22 Å². The molecule has 0 aliphatic heterocycles. The molecule has 0 fully saturated rings. The van der Waals surface area contributed by atoms with E-state index in [0.717, 1.165) is 22.7 Å². The zero-order valence-corrected chi connectivity index (χ0v) is 14.4. The van der Waals surface area contributed by atoms with Gasteiger partial charge in [-0.1, -0.05) is 30.0 Å². The first-order chi connectivity index (χ1) is 12.3. The van der Waals surface area contributed by atoms with E-state index in [1.54, 1.807) is 7.11 Å². The molecule has 0 bridgehead atoms. The van der Waals surface area contributed by atoms with Crippen LogP contribution in [-0.2, 0) is 12.2 Å². The van der Waals surface area contributed by atoms with Gasteiger partial charge in [0.2, 0.25) is 5.89 Å². The Balaban J connectivity index is 1.40.